The third kappa shape index (κ3) is 2.49. The fraction of sp³-hybridized carbons (Fsp3) is 0.400. The third-order valence-corrected chi connectivity index (χ3v) is 3.51. The molecule has 0 aliphatic carbocycles. The van der Waals surface area contributed by atoms with E-state index in [4.69, 9.17) is 10.5 Å². The van der Waals surface area contributed by atoms with Crippen LogP contribution in [0.2, 0.25) is 0 Å². The summed E-state index contributed by atoms with van der Waals surface area (Å²) in [5, 5.41) is 1.12. The topological polar surface area (TPSA) is 57.2 Å². The van der Waals surface area contributed by atoms with Crippen LogP contribution in [0, 0.1) is 13.8 Å². The molecule has 0 saturated heterocycles. The van der Waals surface area contributed by atoms with Crippen molar-refractivity contribution in [1.29, 1.82) is 0 Å². The highest BCUT2D eigenvalue weighted by Crippen LogP contribution is 2.27. The van der Waals surface area contributed by atoms with Crippen LogP contribution in [0.3, 0.4) is 0 Å². The Balaban J connectivity index is 2.63. The Kier molecular flexibility index (Phi) is 3.90. The molecule has 0 amide bonds. The summed E-state index contributed by atoms with van der Waals surface area (Å²) >= 11 is 0. The quantitative estimate of drug-likeness (QED) is 0.855. The van der Waals surface area contributed by atoms with E-state index in [1.54, 1.807) is 0 Å². The van der Waals surface area contributed by atoms with Crippen LogP contribution >= 0.6 is 0 Å². The zero-order chi connectivity index (χ0) is 14.0. The summed E-state index contributed by atoms with van der Waals surface area (Å²) in [7, 11) is 1.42. The van der Waals surface area contributed by atoms with Crippen molar-refractivity contribution in [2.75, 3.05) is 13.7 Å². The maximum Gasteiger partial charge on any atom is 0.310 e. The molecule has 0 bridgehead atoms. The Hall–Kier alpha value is -1.81. The van der Waals surface area contributed by atoms with Crippen LogP contribution in [0.4, 0.5) is 0 Å². The fourth-order valence-corrected chi connectivity index (χ4v) is 2.52. The molecule has 102 valence electrons. The van der Waals surface area contributed by atoms with Crippen molar-refractivity contribution in [3.63, 3.8) is 0 Å². The van der Waals surface area contributed by atoms with Crippen molar-refractivity contribution >= 4 is 16.9 Å². The van der Waals surface area contributed by atoms with Crippen molar-refractivity contribution in [2.45, 2.75) is 26.8 Å². The van der Waals surface area contributed by atoms with Gasteiger partial charge in [-0.05, 0) is 31.5 Å². The Morgan fingerprint density at radius 3 is 2.74 bits per heavy atom. The largest absolute Gasteiger partial charge is 0.469 e. The Bertz CT molecular complexity index is 614. The molecule has 1 aromatic heterocycles. The third-order valence-electron chi connectivity index (χ3n) is 3.51. The van der Waals surface area contributed by atoms with E-state index in [0.717, 1.165) is 28.7 Å². The van der Waals surface area contributed by atoms with Crippen LogP contribution in [0.15, 0.2) is 18.2 Å². The van der Waals surface area contributed by atoms with Crippen molar-refractivity contribution in [3.8, 4) is 0 Å². The lowest BCUT2D eigenvalue weighted by Gasteiger charge is -2.06. The summed E-state index contributed by atoms with van der Waals surface area (Å²) in [6, 6.07) is 6.29. The molecule has 0 unspecified atom stereocenters. The van der Waals surface area contributed by atoms with E-state index < -0.39 is 0 Å². The highest BCUT2D eigenvalue weighted by molar-refractivity contribution is 5.89. The van der Waals surface area contributed by atoms with Gasteiger partial charge in [-0.15, -0.1) is 0 Å². The van der Waals surface area contributed by atoms with Crippen LogP contribution < -0.4 is 5.73 Å². The van der Waals surface area contributed by atoms with E-state index >= 15 is 0 Å². The standard InChI is InChI=1S/C15H20N2O2/c1-10-4-5-14-13(8-10)12(9-15(18)19-3)11(2)17(14)7-6-16/h4-5,8H,6-7,9,16H2,1-3H3. The summed E-state index contributed by atoms with van der Waals surface area (Å²) in [5.74, 6) is -0.212. The Morgan fingerprint density at radius 2 is 2.11 bits per heavy atom. The smallest absolute Gasteiger partial charge is 0.310 e. The number of ether oxygens (including phenoxy) is 1. The molecule has 2 aromatic rings. The van der Waals surface area contributed by atoms with E-state index in [2.05, 4.69) is 29.7 Å². The molecule has 0 fully saturated rings. The van der Waals surface area contributed by atoms with Gasteiger partial charge >= 0.3 is 5.97 Å². The van der Waals surface area contributed by atoms with Crippen molar-refractivity contribution in [1.82, 2.24) is 4.57 Å². The summed E-state index contributed by atoms with van der Waals surface area (Å²) in [6.07, 6.45) is 0.305. The van der Waals surface area contributed by atoms with Gasteiger partial charge < -0.3 is 15.0 Å². The van der Waals surface area contributed by atoms with E-state index in [9.17, 15) is 4.79 Å². The molecule has 2 rings (SSSR count). The van der Waals surface area contributed by atoms with E-state index in [0.29, 0.717) is 13.0 Å². The number of nitrogens with two attached hydrogens (primary N) is 1. The molecule has 1 heterocycles. The average molecular weight is 260 g/mol. The van der Waals surface area contributed by atoms with Gasteiger partial charge in [0.15, 0.2) is 0 Å². The molecule has 1 aromatic carbocycles. The minimum absolute atomic E-state index is 0.212. The van der Waals surface area contributed by atoms with Crippen LogP contribution in [-0.2, 0) is 22.5 Å². The monoisotopic (exact) mass is 260 g/mol. The number of benzene rings is 1. The molecule has 0 radical (unpaired) electrons. The number of hydrogen-bond acceptors (Lipinski definition) is 3. The zero-order valence-electron chi connectivity index (χ0n) is 11.7. The minimum Gasteiger partial charge on any atom is -0.469 e. The first kappa shape index (κ1) is 13.6. The average Bonchev–Trinajstić information content (AvgIpc) is 2.64. The van der Waals surface area contributed by atoms with E-state index in [-0.39, 0.29) is 5.97 Å². The molecule has 0 spiro atoms. The minimum atomic E-state index is -0.212. The van der Waals surface area contributed by atoms with Crippen molar-refractivity contribution < 1.29 is 9.53 Å². The lowest BCUT2D eigenvalue weighted by Crippen LogP contribution is -2.11. The molecule has 19 heavy (non-hydrogen) atoms. The fourth-order valence-electron chi connectivity index (χ4n) is 2.52. The number of fused-ring (bicyclic) bond motifs is 1. The number of esters is 1. The van der Waals surface area contributed by atoms with Crippen LogP contribution in [0.25, 0.3) is 10.9 Å². The molecular weight excluding hydrogens is 240 g/mol. The first-order valence-corrected chi connectivity index (χ1v) is 6.43. The molecule has 4 heteroatoms. The number of rotatable bonds is 4. The molecule has 0 saturated carbocycles. The molecular formula is C15H20N2O2. The first-order valence-electron chi connectivity index (χ1n) is 6.43. The lowest BCUT2D eigenvalue weighted by molar-refractivity contribution is -0.139. The second kappa shape index (κ2) is 5.45. The van der Waals surface area contributed by atoms with Gasteiger partial charge in [-0.25, -0.2) is 0 Å². The van der Waals surface area contributed by atoms with Gasteiger partial charge in [0.25, 0.3) is 0 Å². The summed E-state index contributed by atoms with van der Waals surface area (Å²) in [4.78, 5) is 11.6. The predicted molar refractivity (Wildman–Crippen MR) is 76.2 cm³/mol. The number of methoxy groups -OCH3 is 1. The number of carbonyl (C=O) groups excluding carboxylic acids is 1. The van der Waals surface area contributed by atoms with Gasteiger partial charge in [0.05, 0.1) is 13.5 Å². The number of aryl methyl sites for hydroxylation is 1. The van der Waals surface area contributed by atoms with Gasteiger partial charge in [-0.3, -0.25) is 4.79 Å². The highest BCUT2D eigenvalue weighted by Gasteiger charge is 2.16. The van der Waals surface area contributed by atoms with Gasteiger partial charge in [0.1, 0.15) is 0 Å². The zero-order valence-corrected chi connectivity index (χ0v) is 11.7. The van der Waals surface area contributed by atoms with Crippen LogP contribution in [-0.4, -0.2) is 24.2 Å². The van der Waals surface area contributed by atoms with Crippen LogP contribution in [0.1, 0.15) is 16.8 Å². The van der Waals surface area contributed by atoms with Crippen molar-refractivity contribution in [2.24, 2.45) is 5.73 Å². The molecule has 2 N–H and O–H groups in total. The molecule has 0 atom stereocenters. The van der Waals surface area contributed by atoms with Gasteiger partial charge in [-0.1, -0.05) is 11.6 Å². The van der Waals surface area contributed by atoms with E-state index in [1.165, 1.54) is 12.7 Å². The second-order valence-corrected chi connectivity index (χ2v) is 4.78. The van der Waals surface area contributed by atoms with Gasteiger partial charge in [0.2, 0.25) is 0 Å². The lowest BCUT2D eigenvalue weighted by atomic mass is 10.1. The van der Waals surface area contributed by atoms with E-state index in [1.807, 2.05) is 6.92 Å². The number of carbonyl (C=O) groups is 1. The summed E-state index contributed by atoms with van der Waals surface area (Å²) in [6.45, 7) is 5.42. The number of hydrogen-bond donors (Lipinski definition) is 1. The molecule has 4 nitrogen and oxygen atoms in total. The maximum atomic E-state index is 11.6. The highest BCUT2D eigenvalue weighted by atomic mass is 16.5. The first-order chi connectivity index (χ1) is 9.08. The maximum absolute atomic E-state index is 11.6. The Labute approximate surface area is 113 Å². The number of aromatic nitrogens is 1. The SMILES string of the molecule is COC(=O)Cc1c(C)n(CCN)c2ccc(C)cc12. The predicted octanol–water partition coefficient (Wildman–Crippen LogP) is 1.93. The van der Waals surface area contributed by atoms with Gasteiger partial charge in [0, 0.05) is 29.7 Å². The Morgan fingerprint density at radius 1 is 1.37 bits per heavy atom. The summed E-state index contributed by atoms with van der Waals surface area (Å²) < 4.78 is 6.96. The number of nitrogens with zero attached hydrogens (tertiary/aromatic N) is 1. The van der Waals surface area contributed by atoms with Crippen LogP contribution in [0.5, 0.6) is 0 Å². The summed E-state index contributed by atoms with van der Waals surface area (Å²) in [5.41, 5.74) is 10.1. The molecule has 0 aliphatic rings. The second-order valence-electron chi connectivity index (χ2n) is 4.78. The van der Waals surface area contributed by atoms with Crippen molar-refractivity contribution in [3.05, 3.63) is 35.0 Å². The van der Waals surface area contributed by atoms with Gasteiger partial charge in [-0.2, -0.15) is 0 Å². The normalized spacial score (nSPS) is 10.9. The molecule has 0 aliphatic heterocycles.